The van der Waals surface area contributed by atoms with Gasteiger partial charge in [0, 0.05) is 5.54 Å². The maximum atomic E-state index is 11.6. The average molecular weight is 249 g/mol. The molecule has 0 saturated carbocycles. The fourth-order valence-electron chi connectivity index (χ4n) is 1.24. The van der Waals surface area contributed by atoms with E-state index in [2.05, 4.69) is 5.32 Å². The van der Waals surface area contributed by atoms with E-state index in [9.17, 15) is 9.59 Å². The van der Waals surface area contributed by atoms with Gasteiger partial charge in [-0.15, -0.1) is 0 Å². The van der Waals surface area contributed by atoms with Crippen LogP contribution in [0.25, 0.3) is 0 Å². The number of benzene rings is 1. The third-order valence-corrected chi connectivity index (χ3v) is 2.73. The predicted octanol–water partition coefficient (Wildman–Crippen LogP) is 2.03. The summed E-state index contributed by atoms with van der Waals surface area (Å²) in [7, 11) is 0. The van der Waals surface area contributed by atoms with E-state index in [1.807, 2.05) is 51.1 Å². The maximum absolute atomic E-state index is 11.6. The first-order chi connectivity index (χ1) is 8.44. The Balaban J connectivity index is 2.44. The molecule has 0 heterocycles. The van der Waals surface area contributed by atoms with Gasteiger partial charge < -0.3 is 10.1 Å². The van der Waals surface area contributed by atoms with E-state index in [1.54, 1.807) is 0 Å². The lowest BCUT2D eigenvalue weighted by molar-refractivity contribution is -0.156. The summed E-state index contributed by atoms with van der Waals surface area (Å²) in [5, 5.41) is 2.63. The molecule has 1 rings (SSSR count). The first-order valence-corrected chi connectivity index (χ1v) is 5.98. The zero-order valence-corrected chi connectivity index (χ0v) is 11.0. The van der Waals surface area contributed by atoms with Gasteiger partial charge in [0.05, 0.1) is 0 Å². The van der Waals surface area contributed by atoms with Gasteiger partial charge in [-0.2, -0.15) is 0 Å². The summed E-state index contributed by atoms with van der Waals surface area (Å²) >= 11 is 0. The van der Waals surface area contributed by atoms with Crippen molar-refractivity contribution >= 4 is 11.9 Å². The predicted molar refractivity (Wildman–Crippen MR) is 68.8 cm³/mol. The number of esters is 1. The molecule has 0 bridgehead atoms. The van der Waals surface area contributed by atoms with Crippen molar-refractivity contribution in [2.45, 2.75) is 39.3 Å². The fraction of sp³-hybridized carbons (Fsp3) is 0.429. The number of hydrogen-bond acceptors (Lipinski definition) is 3. The van der Waals surface area contributed by atoms with Crippen LogP contribution in [0.5, 0.6) is 0 Å². The van der Waals surface area contributed by atoms with E-state index in [4.69, 9.17) is 4.74 Å². The van der Waals surface area contributed by atoms with Gasteiger partial charge in [0.25, 0.3) is 0 Å². The van der Waals surface area contributed by atoms with Crippen molar-refractivity contribution in [1.82, 2.24) is 5.32 Å². The highest BCUT2D eigenvalue weighted by molar-refractivity contribution is 6.32. The minimum atomic E-state index is -0.847. The first kappa shape index (κ1) is 14.2. The van der Waals surface area contributed by atoms with Crippen LogP contribution in [-0.4, -0.2) is 17.4 Å². The van der Waals surface area contributed by atoms with Crippen LogP contribution in [-0.2, 0) is 20.9 Å². The largest absolute Gasteiger partial charge is 0.454 e. The van der Waals surface area contributed by atoms with Gasteiger partial charge >= 0.3 is 11.9 Å². The maximum Gasteiger partial charge on any atom is 0.397 e. The van der Waals surface area contributed by atoms with Crippen LogP contribution in [0.3, 0.4) is 0 Å². The number of carbonyl (C=O) groups is 2. The lowest BCUT2D eigenvalue weighted by Crippen LogP contribution is -2.46. The summed E-state index contributed by atoms with van der Waals surface area (Å²) in [6, 6.07) is 9.25. The zero-order valence-electron chi connectivity index (χ0n) is 11.0. The third kappa shape index (κ3) is 4.57. The minimum absolute atomic E-state index is 0.111. The van der Waals surface area contributed by atoms with Crippen molar-refractivity contribution in [1.29, 1.82) is 0 Å². The molecule has 0 unspecified atom stereocenters. The van der Waals surface area contributed by atoms with Gasteiger partial charge in [-0.3, -0.25) is 4.79 Å². The molecule has 18 heavy (non-hydrogen) atoms. The lowest BCUT2D eigenvalue weighted by Gasteiger charge is -2.23. The molecular weight excluding hydrogens is 230 g/mol. The number of carbonyl (C=O) groups excluding carboxylic acids is 2. The Hall–Kier alpha value is -1.84. The van der Waals surface area contributed by atoms with Crippen molar-refractivity contribution in [3.05, 3.63) is 35.9 Å². The normalized spacial score (nSPS) is 10.8. The highest BCUT2D eigenvalue weighted by Gasteiger charge is 2.23. The van der Waals surface area contributed by atoms with Gasteiger partial charge in [-0.1, -0.05) is 37.3 Å². The summed E-state index contributed by atoms with van der Waals surface area (Å²) in [4.78, 5) is 23.0. The second-order valence-corrected chi connectivity index (χ2v) is 4.75. The molecule has 98 valence electrons. The van der Waals surface area contributed by atoms with Crippen LogP contribution in [0.4, 0.5) is 0 Å². The molecule has 0 radical (unpaired) electrons. The van der Waals surface area contributed by atoms with E-state index in [-0.39, 0.29) is 6.61 Å². The second kappa shape index (κ2) is 6.19. The molecule has 0 saturated heterocycles. The van der Waals surface area contributed by atoms with Crippen LogP contribution in [0, 0.1) is 0 Å². The fourth-order valence-corrected chi connectivity index (χ4v) is 1.24. The van der Waals surface area contributed by atoms with Gasteiger partial charge in [0.2, 0.25) is 0 Å². The molecule has 1 aromatic carbocycles. The van der Waals surface area contributed by atoms with E-state index >= 15 is 0 Å². The van der Waals surface area contributed by atoms with Crippen LogP contribution < -0.4 is 5.32 Å². The Labute approximate surface area is 107 Å². The van der Waals surface area contributed by atoms with Crippen molar-refractivity contribution in [2.75, 3.05) is 0 Å². The number of ether oxygens (including phenoxy) is 1. The molecule has 1 amide bonds. The monoisotopic (exact) mass is 249 g/mol. The summed E-state index contributed by atoms with van der Waals surface area (Å²) < 4.78 is 4.93. The van der Waals surface area contributed by atoms with Crippen molar-refractivity contribution < 1.29 is 14.3 Å². The molecule has 1 aromatic rings. The summed E-state index contributed by atoms with van der Waals surface area (Å²) in [5.74, 6) is -1.54. The van der Waals surface area contributed by atoms with Crippen LogP contribution >= 0.6 is 0 Å². The molecule has 0 aliphatic carbocycles. The Morgan fingerprint density at radius 3 is 2.39 bits per heavy atom. The minimum Gasteiger partial charge on any atom is -0.454 e. The zero-order chi connectivity index (χ0) is 13.6. The first-order valence-electron chi connectivity index (χ1n) is 5.98. The number of hydrogen-bond donors (Lipinski definition) is 1. The molecular formula is C14H19NO3. The Kier molecular flexibility index (Phi) is 4.89. The number of rotatable bonds is 4. The Morgan fingerprint density at radius 1 is 1.22 bits per heavy atom. The van der Waals surface area contributed by atoms with Gasteiger partial charge in [0.15, 0.2) is 0 Å². The third-order valence-electron chi connectivity index (χ3n) is 2.73. The molecule has 4 nitrogen and oxygen atoms in total. The summed E-state index contributed by atoms with van der Waals surface area (Å²) in [5.41, 5.74) is 0.455. The van der Waals surface area contributed by atoms with Crippen LogP contribution in [0.2, 0.25) is 0 Å². The van der Waals surface area contributed by atoms with Gasteiger partial charge in [0.1, 0.15) is 6.61 Å². The molecule has 0 atom stereocenters. The van der Waals surface area contributed by atoms with Gasteiger partial charge in [-0.05, 0) is 25.8 Å². The average Bonchev–Trinajstić information content (AvgIpc) is 2.36. The molecule has 4 heteroatoms. The highest BCUT2D eigenvalue weighted by atomic mass is 16.5. The van der Waals surface area contributed by atoms with Crippen molar-refractivity contribution in [3.8, 4) is 0 Å². The number of amides is 1. The summed E-state index contributed by atoms with van der Waals surface area (Å²) in [6.07, 6.45) is 0.741. The van der Waals surface area contributed by atoms with Crippen molar-refractivity contribution in [3.63, 3.8) is 0 Å². The Morgan fingerprint density at radius 2 is 1.83 bits per heavy atom. The van der Waals surface area contributed by atoms with E-state index in [0.29, 0.717) is 0 Å². The Bertz CT molecular complexity index is 412. The SMILES string of the molecule is CCC(C)(C)NC(=O)C(=O)OCc1ccccc1. The molecule has 0 aliphatic heterocycles. The van der Waals surface area contributed by atoms with E-state index in [0.717, 1.165) is 12.0 Å². The van der Waals surface area contributed by atoms with Crippen molar-refractivity contribution in [2.24, 2.45) is 0 Å². The topological polar surface area (TPSA) is 55.4 Å². The molecule has 0 aromatic heterocycles. The standard InChI is InChI=1S/C14H19NO3/c1-4-14(2,3)15-12(16)13(17)18-10-11-8-6-5-7-9-11/h5-9H,4,10H2,1-3H3,(H,15,16). The highest BCUT2D eigenvalue weighted by Crippen LogP contribution is 2.07. The smallest absolute Gasteiger partial charge is 0.397 e. The van der Waals surface area contributed by atoms with Crippen LogP contribution in [0.15, 0.2) is 30.3 Å². The van der Waals surface area contributed by atoms with Crippen LogP contribution in [0.1, 0.15) is 32.8 Å². The molecule has 1 N–H and O–H groups in total. The summed E-state index contributed by atoms with van der Waals surface area (Å²) in [6.45, 7) is 5.76. The second-order valence-electron chi connectivity index (χ2n) is 4.75. The molecule has 0 spiro atoms. The van der Waals surface area contributed by atoms with E-state index in [1.165, 1.54) is 0 Å². The van der Waals surface area contributed by atoms with E-state index < -0.39 is 17.4 Å². The molecule has 0 aliphatic rings. The van der Waals surface area contributed by atoms with Gasteiger partial charge in [-0.25, -0.2) is 4.79 Å². The number of nitrogens with one attached hydrogen (secondary N) is 1. The quantitative estimate of drug-likeness (QED) is 0.656. The lowest BCUT2D eigenvalue weighted by atomic mass is 10.0. The molecule has 0 fully saturated rings.